The maximum Gasteiger partial charge on any atom is 0.246 e. The molecule has 0 unspecified atom stereocenters. The van der Waals surface area contributed by atoms with Crippen molar-refractivity contribution < 1.29 is 22.7 Å². The number of rotatable bonds is 8. The lowest BCUT2D eigenvalue weighted by Gasteiger charge is -2.26. The SMILES string of the molecule is Cc1ccc(OCCN(C)C(=O)/C=C/c2ccc(S(=O)(=O)N3CCOCC3)cc2)cc1. The van der Waals surface area contributed by atoms with E-state index in [1.54, 1.807) is 42.3 Å². The lowest BCUT2D eigenvalue weighted by molar-refractivity contribution is -0.125. The lowest BCUT2D eigenvalue weighted by atomic mass is 10.2. The van der Waals surface area contributed by atoms with E-state index in [9.17, 15) is 13.2 Å². The molecule has 0 aromatic heterocycles. The molecule has 31 heavy (non-hydrogen) atoms. The number of aryl methyl sites for hydroxylation is 1. The molecule has 1 amide bonds. The molecule has 0 radical (unpaired) electrons. The number of hydrogen-bond acceptors (Lipinski definition) is 5. The molecule has 1 saturated heterocycles. The highest BCUT2D eigenvalue weighted by atomic mass is 32.2. The van der Waals surface area contributed by atoms with Gasteiger partial charge in [0.25, 0.3) is 0 Å². The highest BCUT2D eigenvalue weighted by Crippen LogP contribution is 2.18. The van der Waals surface area contributed by atoms with E-state index >= 15 is 0 Å². The summed E-state index contributed by atoms with van der Waals surface area (Å²) >= 11 is 0. The van der Waals surface area contributed by atoms with Gasteiger partial charge in [-0.25, -0.2) is 8.42 Å². The molecular weight excluding hydrogens is 416 g/mol. The minimum absolute atomic E-state index is 0.155. The van der Waals surface area contributed by atoms with E-state index in [0.29, 0.717) is 39.5 Å². The Morgan fingerprint density at radius 3 is 2.39 bits per heavy atom. The summed E-state index contributed by atoms with van der Waals surface area (Å²) in [4.78, 5) is 14.1. The zero-order valence-electron chi connectivity index (χ0n) is 17.9. The average molecular weight is 445 g/mol. The highest BCUT2D eigenvalue weighted by molar-refractivity contribution is 7.89. The zero-order chi connectivity index (χ0) is 22.3. The van der Waals surface area contributed by atoms with Crippen LogP contribution >= 0.6 is 0 Å². The van der Waals surface area contributed by atoms with Crippen LogP contribution in [0.2, 0.25) is 0 Å². The smallest absolute Gasteiger partial charge is 0.246 e. The Morgan fingerprint density at radius 2 is 1.74 bits per heavy atom. The van der Waals surface area contributed by atoms with Crippen molar-refractivity contribution in [2.24, 2.45) is 0 Å². The van der Waals surface area contributed by atoms with Crippen LogP contribution in [0.5, 0.6) is 5.75 Å². The van der Waals surface area contributed by atoms with Gasteiger partial charge in [0.05, 0.1) is 24.7 Å². The third-order valence-electron chi connectivity index (χ3n) is 5.00. The quantitative estimate of drug-likeness (QED) is 0.585. The van der Waals surface area contributed by atoms with E-state index in [1.807, 2.05) is 31.2 Å². The second-order valence-electron chi connectivity index (χ2n) is 7.34. The van der Waals surface area contributed by atoms with Crippen LogP contribution in [0.25, 0.3) is 6.08 Å². The lowest BCUT2D eigenvalue weighted by Crippen LogP contribution is -2.40. The number of nitrogens with zero attached hydrogens (tertiary/aromatic N) is 2. The number of amides is 1. The number of benzene rings is 2. The van der Waals surface area contributed by atoms with Crippen molar-refractivity contribution >= 4 is 22.0 Å². The van der Waals surface area contributed by atoms with Crippen LogP contribution in [0.4, 0.5) is 0 Å². The van der Waals surface area contributed by atoms with Crippen LogP contribution in [0, 0.1) is 6.92 Å². The number of hydrogen-bond donors (Lipinski definition) is 0. The first-order valence-corrected chi connectivity index (χ1v) is 11.6. The molecule has 2 aromatic carbocycles. The molecule has 0 N–H and O–H groups in total. The first kappa shape index (κ1) is 23.0. The molecule has 7 nitrogen and oxygen atoms in total. The number of carbonyl (C=O) groups excluding carboxylic acids is 1. The number of carbonyl (C=O) groups is 1. The van der Waals surface area contributed by atoms with Crippen molar-refractivity contribution in [2.45, 2.75) is 11.8 Å². The van der Waals surface area contributed by atoms with Crippen LogP contribution < -0.4 is 4.74 Å². The summed E-state index contributed by atoms with van der Waals surface area (Å²) in [6.45, 7) is 4.40. The minimum Gasteiger partial charge on any atom is -0.492 e. The maximum absolute atomic E-state index is 12.7. The monoisotopic (exact) mass is 444 g/mol. The highest BCUT2D eigenvalue weighted by Gasteiger charge is 2.25. The number of sulfonamides is 1. The fraction of sp³-hybridized carbons (Fsp3) is 0.348. The van der Waals surface area contributed by atoms with Gasteiger partial charge in [-0.3, -0.25) is 4.79 Å². The molecule has 1 fully saturated rings. The van der Waals surface area contributed by atoms with Crippen LogP contribution in [0.15, 0.2) is 59.5 Å². The van der Waals surface area contributed by atoms with Gasteiger partial charge in [0, 0.05) is 26.2 Å². The van der Waals surface area contributed by atoms with Gasteiger partial charge in [-0.05, 0) is 42.8 Å². The molecule has 2 aromatic rings. The second kappa shape index (κ2) is 10.6. The Bertz CT molecular complexity index is 995. The van der Waals surface area contributed by atoms with Crippen LogP contribution in [0.3, 0.4) is 0 Å². The number of morpholine rings is 1. The largest absolute Gasteiger partial charge is 0.492 e. The third-order valence-corrected chi connectivity index (χ3v) is 6.91. The van der Waals surface area contributed by atoms with Gasteiger partial charge in [0.15, 0.2) is 0 Å². The number of ether oxygens (including phenoxy) is 2. The second-order valence-corrected chi connectivity index (χ2v) is 9.28. The Balaban J connectivity index is 1.51. The zero-order valence-corrected chi connectivity index (χ0v) is 18.7. The predicted molar refractivity (Wildman–Crippen MR) is 119 cm³/mol. The van der Waals surface area contributed by atoms with Gasteiger partial charge in [-0.2, -0.15) is 4.31 Å². The molecule has 0 atom stereocenters. The Labute approximate surface area is 183 Å². The molecule has 0 spiro atoms. The Hall–Kier alpha value is -2.68. The van der Waals surface area contributed by atoms with Crippen molar-refractivity contribution in [2.75, 3.05) is 46.5 Å². The van der Waals surface area contributed by atoms with E-state index in [-0.39, 0.29) is 10.8 Å². The summed E-state index contributed by atoms with van der Waals surface area (Å²) in [5, 5.41) is 0. The normalized spacial score (nSPS) is 15.2. The molecule has 8 heteroatoms. The van der Waals surface area contributed by atoms with Crippen molar-refractivity contribution in [3.05, 3.63) is 65.7 Å². The molecule has 1 aliphatic heterocycles. The Morgan fingerprint density at radius 1 is 1.10 bits per heavy atom. The summed E-state index contributed by atoms with van der Waals surface area (Å²) in [5.41, 5.74) is 1.91. The fourth-order valence-corrected chi connectivity index (χ4v) is 4.43. The van der Waals surface area contributed by atoms with Gasteiger partial charge in [0.1, 0.15) is 12.4 Å². The third kappa shape index (κ3) is 6.40. The molecule has 1 aliphatic rings. The van der Waals surface area contributed by atoms with Crippen LogP contribution in [-0.2, 0) is 19.6 Å². The molecule has 166 valence electrons. The minimum atomic E-state index is -3.52. The van der Waals surface area contributed by atoms with Crippen molar-refractivity contribution in [1.82, 2.24) is 9.21 Å². The molecule has 1 heterocycles. The van der Waals surface area contributed by atoms with Crippen molar-refractivity contribution in [3.63, 3.8) is 0 Å². The average Bonchev–Trinajstić information content (AvgIpc) is 2.79. The molecule has 0 bridgehead atoms. The fourth-order valence-electron chi connectivity index (χ4n) is 3.03. The van der Waals surface area contributed by atoms with Crippen molar-refractivity contribution in [3.8, 4) is 5.75 Å². The van der Waals surface area contributed by atoms with E-state index in [4.69, 9.17) is 9.47 Å². The van der Waals surface area contributed by atoms with E-state index < -0.39 is 10.0 Å². The molecular formula is C23H28N2O5S. The predicted octanol–water partition coefficient (Wildman–Crippen LogP) is 2.57. The van der Waals surface area contributed by atoms with Gasteiger partial charge in [0.2, 0.25) is 15.9 Å². The summed E-state index contributed by atoms with van der Waals surface area (Å²) in [6.07, 6.45) is 3.14. The van der Waals surface area contributed by atoms with Gasteiger partial charge in [-0.1, -0.05) is 29.8 Å². The molecule has 0 saturated carbocycles. The van der Waals surface area contributed by atoms with Crippen LogP contribution in [0.1, 0.15) is 11.1 Å². The van der Waals surface area contributed by atoms with E-state index in [1.165, 1.54) is 10.4 Å². The topological polar surface area (TPSA) is 76.2 Å². The van der Waals surface area contributed by atoms with Gasteiger partial charge >= 0.3 is 0 Å². The van der Waals surface area contributed by atoms with E-state index in [0.717, 1.165) is 16.9 Å². The summed E-state index contributed by atoms with van der Waals surface area (Å²) < 4.78 is 37.6. The van der Waals surface area contributed by atoms with Crippen molar-refractivity contribution in [1.29, 1.82) is 0 Å². The van der Waals surface area contributed by atoms with Gasteiger partial charge < -0.3 is 14.4 Å². The van der Waals surface area contributed by atoms with E-state index in [2.05, 4.69) is 0 Å². The molecule has 3 rings (SSSR count). The van der Waals surface area contributed by atoms with Crippen LogP contribution in [-0.4, -0.2) is 70.0 Å². The summed E-state index contributed by atoms with van der Waals surface area (Å²) in [6, 6.07) is 14.3. The standard InChI is InChI=1S/C23H28N2O5S/c1-19-3-8-21(9-4-19)30-18-13-24(2)23(26)12-7-20-5-10-22(11-6-20)31(27,28)25-14-16-29-17-15-25/h3-12H,13-18H2,1-2H3/b12-7+. The Kier molecular flexibility index (Phi) is 7.84. The van der Waals surface area contributed by atoms with Gasteiger partial charge in [-0.15, -0.1) is 0 Å². The first-order valence-electron chi connectivity index (χ1n) is 10.2. The summed E-state index contributed by atoms with van der Waals surface area (Å²) in [7, 11) is -1.81. The number of likely N-dealkylation sites (N-methyl/N-ethyl adjacent to an activating group) is 1. The summed E-state index contributed by atoms with van der Waals surface area (Å²) in [5.74, 6) is 0.617. The maximum atomic E-state index is 12.7. The molecule has 0 aliphatic carbocycles. The first-order chi connectivity index (χ1) is 14.9.